The average molecular weight is 584 g/mol. The third kappa shape index (κ3) is 5.50. The molecule has 0 heterocycles. The summed E-state index contributed by atoms with van der Waals surface area (Å²) < 4.78 is 25.8. The lowest BCUT2D eigenvalue weighted by Gasteiger charge is -2.62. The van der Waals surface area contributed by atoms with Gasteiger partial charge in [-0.25, -0.2) is 4.39 Å². The monoisotopic (exact) mass is 583 g/mol. The number of halogens is 1. The third-order valence-corrected chi connectivity index (χ3v) is 12.5. The van der Waals surface area contributed by atoms with E-state index in [4.69, 9.17) is 9.47 Å². The van der Waals surface area contributed by atoms with Gasteiger partial charge in [0.25, 0.3) is 0 Å². The molecular formula is C35H50FNO5. The van der Waals surface area contributed by atoms with E-state index in [1.54, 1.807) is 25.2 Å². The molecule has 0 saturated heterocycles. The molecule has 1 aromatic rings. The van der Waals surface area contributed by atoms with E-state index in [1.807, 2.05) is 0 Å². The van der Waals surface area contributed by atoms with Gasteiger partial charge in [0.2, 0.25) is 5.91 Å². The Labute approximate surface area is 251 Å². The molecule has 0 unspecified atom stereocenters. The molecular weight excluding hydrogens is 533 g/mol. The predicted molar refractivity (Wildman–Crippen MR) is 160 cm³/mol. The molecule has 1 amide bonds. The van der Waals surface area contributed by atoms with Crippen LogP contribution in [0.2, 0.25) is 0 Å². The van der Waals surface area contributed by atoms with Crippen LogP contribution in [0.25, 0.3) is 0 Å². The molecule has 1 aromatic carbocycles. The molecule has 0 radical (unpaired) electrons. The first kappa shape index (κ1) is 31.0. The zero-order valence-corrected chi connectivity index (χ0v) is 26.4. The molecule has 0 bridgehead atoms. The van der Waals surface area contributed by atoms with E-state index < -0.39 is 0 Å². The van der Waals surface area contributed by atoms with Crippen LogP contribution in [0.5, 0.6) is 0 Å². The van der Waals surface area contributed by atoms with Gasteiger partial charge in [-0.15, -0.1) is 0 Å². The quantitative estimate of drug-likeness (QED) is 0.314. The van der Waals surface area contributed by atoms with Gasteiger partial charge < -0.3 is 14.4 Å². The van der Waals surface area contributed by atoms with Gasteiger partial charge in [-0.2, -0.15) is 0 Å². The van der Waals surface area contributed by atoms with E-state index in [-0.39, 0.29) is 52.6 Å². The lowest BCUT2D eigenvalue weighted by atomic mass is 9.44. The van der Waals surface area contributed by atoms with Crippen LogP contribution < -0.4 is 4.90 Å². The standard InChI is InChI=1S/C35H50FNO5/c1-21(11-16-32(40)37(6)30-10-8-7-9-29(30)36)25-14-15-26-24-12-13-28-33(42-23(3)39)31(41-22(2)38)18-20-35(28,5)27(24)17-19-34(25,26)4/h7-10,21,24-28,31,33H,11-20H2,1-6H3/t21-,24+,25-,26+,27+,28+,31+,33-,34-,35-/m1/s1. The number of fused-ring (bicyclic) bond motifs is 5. The van der Waals surface area contributed by atoms with E-state index in [9.17, 15) is 18.8 Å². The summed E-state index contributed by atoms with van der Waals surface area (Å²) in [5, 5.41) is 0. The van der Waals surface area contributed by atoms with Crippen LogP contribution in [0.4, 0.5) is 10.1 Å². The highest BCUT2D eigenvalue weighted by Crippen LogP contribution is 2.68. The Hall–Kier alpha value is -2.44. The van der Waals surface area contributed by atoms with Crippen molar-refractivity contribution in [1.82, 2.24) is 0 Å². The number of esters is 2. The lowest BCUT2D eigenvalue weighted by molar-refractivity contribution is -0.205. The molecule has 10 atom stereocenters. The molecule has 232 valence electrons. The Bertz CT molecular complexity index is 1190. The maximum Gasteiger partial charge on any atom is 0.303 e. The van der Waals surface area contributed by atoms with E-state index in [0.717, 1.165) is 32.1 Å². The van der Waals surface area contributed by atoms with Crippen LogP contribution in [0.15, 0.2) is 24.3 Å². The van der Waals surface area contributed by atoms with E-state index in [0.29, 0.717) is 41.7 Å². The summed E-state index contributed by atoms with van der Waals surface area (Å²) >= 11 is 0. The van der Waals surface area contributed by atoms with Crippen LogP contribution in [0, 0.1) is 52.2 Å². The fourth-order valence-electron chi connectivity index (χ4n) is 10.5. The molecule has 0 aliphatic heterocycles. The number of hydrogen-bond donors (Lipinski definition) is 0. The molecule has 4 aliphatic carbocycles. The molecule has 6 nitrogen and oxygen atoms in total. The normalized spacial score (nSPS) is 37.9. The van der Waals surface area contributed by atoms with Crippen molar-refractivity contribution in [2.75, 3.05) is 11.9 Å². The number of ether oxygens (including phenoxy) is 2. The predicted octanol–water partition coefficient (Wildman–Crippen LogP) is 7.34. The summed E-state index contributed by atoms with van der Waals surface area (Å²) in [7, 11) is 1.67. The van der Waals surface area contributed by atoms with Crippen molar-refractivity contribution >= 4 is 23.5 Å². The minimum Gasteiger partial charge on any atom is -0.459 e. The summed E-state index contributed by atoms with van der Waals surface area (Å²) in [6, 6.07) is 6.46. The number of amides is 1. The molecule has 4 fully saturated rings. The van der Waals surface area contributed by atoms with Gasteiger partial charge in [-0.3, -0.25) is 14.4 Å². The van der Waals surface area contributed by atoms with Crippen LogP contribution in [0.3, 0.4) is 0 Å². The number of hydrogen-bond acceptors (Lipinski definition) is 5. The maximum absolute atomic E-state index is 14.3. The van der Waals surface area contributed by atoms with Crippen LogP contribution in [-0.4, -0.2) is 37.1 Å². The number of carbonyl (C=O) groups is 3. The number of nitrogens with zero attached hydrogens (tertiary/aromatic N) is 1. The van der Waals surface area contributed by atoms with E-state index in [1.165, 1.54) is 50.5 Å². The van der Waals surface area contributed by atoms with E-state index >= 15 is 0 Å². The minimum absolute atomic E-state index is 0.0340. The first-order chi connectivity index (χ1) is 19.9. The van der Waals surface area contributed by atoms with Crippen molar-refractivity contribution in [3.05, 3.63) is 30.1 Å². The van der Waals surface area contributed by atoms with Gasteiger partial charge in [0, 0.05) is 33.2 Å². The highest BCUT2D eigenvalue weighted by molar-refractivity contribution is 5.92. The van der Waals surface area contributed by atoms with Crippen molar-refractivity contribution in [3.8, 4) is 0 Å². The van der Waals surface area contributed by atoms with Gasteiger partial charge >= 0.3 is 11.9 Å². The summed E-state index contributed by atoms with van der Waals surface area (Å²) in [5.74, 6) is 2.09. The van der Waals surface area contributed by atoms with Crippen LogP contribution >= 0.6 is 0 Å². The summed E-state index contributed by atoms with van der Waals surface area (Å²) in [4.78, 5) is 38.4. The number of carbonyl (C=O) groups excluding carboxylic acids is 3. The number of para-hydroxylation sites is 1. The molecule has 0 N–H and O–H groups in total. The Morgan fingerprint density at radius 2 is 1.55 bits per heavy atom. The molecule has 0 aromatic heterocycles. The second kappa shape index (κ2) is 11.9. The second-order valence-electron chi connectivity index (χ2n) is 14.5. The summed E-state index contributed by atoms with van der Waals surface area (Å²) in [5.41, 5.74) is 0.659. The topological polar surface area (TPSA) is 72.9 Å². The van der Waals surface area contributed by atoms with Crippen LogP contribution in [-0.2, 0) is 23.9 Å². The zero-order valence-electron chi connectivity index (χ0n) is 26.4. The Balaban J connectivity index is 1.26. The first-order valence-corrected chi connectivity index (χ1v) is 16.2. The van der Waals surface area contributed by atoms with Crippen molar-refractivity contribution in [2.24, 2.45) is 46.3 Å². The average Bonchev–Trinajstić information content (AvgIpc) is 3.29. The first-order valence-electron chi connectivity index (χ1n) is 16.2. The summed E-state index contributed by atoms with van der Waals surface area (Å²) in [6.07, 6.45) is 9.19. The molecule has 5 rings (SSSR count). The molecule has 0 spiro atoms. The van der Waals surface area contributed by atoms with Gasteiger partial charge in [0.05, 0.1) is 5.69 Å². The molecule has 4 saturated carbocycles. The lowest BCUT2D eigenvalue weighted by Crippen LogP contribution is -2.59. The minimum atomic E-state index is -0.369. The molecule has 4 aliphatic rings. The Morgan fingerprint density at radius 1 is 0.905 bits per heavy atom. The van der Waals surface area contributed by atoms with Crippen molar-refractivity contribution < 1.29 is 28.2 Å². The largest absolute Gasteiger partial charge is 0.459 e. The van der Waals surface area contributed by atoms with Crippen LogP contribution in [0.1, 0.15) is 98.8 Å². The van der Waals surface area contributed by atoms with Crippen molar-refractivity contribution in [3.63, 3.8) is 0 Å². The Morgan fingerprint density at radius 3 is 2.24 bits per heavy atom. The fraction of sp³-hybridized carbons (Fsp3) is 0.743. The number of rotatable bonds is 7. The maximum atomic E-state index is 14.3. The second-order valence-corrected chi connectivity index (χ2v) is 14.5. The van der Waals surface area contributed by atoms with Crippen molar-refractivity contribution in [2.45, 2.75) is 111 Å². The highest BCUT2D eigenvalue weighted by Gasteiger charge is 2.63. The van der Waals surface area contributed by atoms with Crippen molar-refractivity contribution in [1.29, 1.82) is 0 Å². The Kier molecular flexibility index (Phi) is 8.80. The number of anilines is 1. The van der Waals surface area contributed by atoms with Gasteiger partial charge in [0.15, 0.2) is 0 Å². The fourth-order valence-corrected chi connectivity index (χ4v) is 10.5. The van der Waals surface area contributed by atoms with Gasteiger partial charge in [-0.1, -0.05) is 32.9 Å². The summed E-state index contributed by atoms with van der Waals surface area (Å²) in [6.45, 7) is 10.2. The van der Waals surface area contributed by atoms with E-state index in [2.05, 4.69) is 20.8 Å². The van der Waals surface area contributed by atoms with Gasteiger partial charge in [0.1, 0.15) is 18.0 Å². The highest BCUT2D eigenvalue weighted by atomic mass is 19.1. The SMILES string of the molecule is CC(=O)O[C@H]1[C@@H](OC(C)=O)CC[C@]2(C)[C@H]3CC[C@]4(C)[C@@H]([C@H](C)CCC(=O)N(C)c5ccccc5F)CC[C@H]4[C@@H]3CC[C@@H]12. The molecule has 7 heteroatoms. The van der Waals surface area contributed by atoms with Gasteiger partial charge in [-0.05, 0) is 110 Å². The number of benzene rings is 1. The smallest absolute Gasteiger partial charge is 0.303 e. The molecule has 42 heavy (non-hydrogen) atoms. The zero-order chi connectivity index (χ0) is 30.4. The third-order valence-electron chi connectivity index (χ3n) is 12.5.